The minimum atomic E-state index is -0.600. The summed E-state index contributed by atoms with van der Waals surface area (Å²) in [4.78, 5) is 48.1. The Bertz CT molecular complexity index is 909. The molecule has 2 aliphatic heterocycles. The van der Waals surface area contributed by atoms with Gasteiger partial charge in [0, 0.05) is 30.4 Å². The van der Waals surface area contributed by atoms with Crippen molar-refractivity contribution in [1.29, 1.82) is 0 Å². The number of hydrogen-bond acceptors (Lipinski definition) is 5. The van der Waals surface area contributed by atoms with Gasteiger partial charge in [-0.3, -0.25) is 19.5 Å². The van der Waals surface area contributed by atoms with Gasteiger partial charge in [0.25, 0.3) is 5.91 Å². The van der Waals surface area contributed by atoms with Crippen LogP contribution in [0.5, 0.6) is 0 Å². The SMILES string of the molecule is C[C@@H](c1ccccc1)N1C(=O)[C@@H]2CN(C(=O)CSc3ccncc3)CCN2C1=O. The second-order valence-corrected chi connectivity index (χ2v) is 8.15. The van der Waals surface area contributed by atoms with E-state index >= 15 is 0 Å². The maximum Gasteiger partial charge on any atom is 0.328 e. The molecule has 0 aliphatic carbocycles. The lowest BCUT2D eigenvalue weighted by molar-refractivity contribution is -0.135. The van der Waals surface area contributed by atoms with E-state index in [2.05, 4.69) is 4.98 Å². The maximum atomic E-state index is 13.0. The van der Waals surface area contributed by atoms with Crippen LogP contribution in [0.4, 0.5) is 4.79 Å². The first kappa shape index (κ1) is 19.4. The molecule has 150 valence electrons. The van der Waals surface area contributed by atoms with Gasteiger partial charge in [-0.15, -0.1) is 11.8 Å². The highest BCUT2D eigenvalue weighted by Gasteiger charge is 2.49. The number of pyridine rings is 1. The molecule has 1 aromatic carbocycles. The lowest BCUT2D eigenvalue weighted by atomic mass is 10.1. The van der Waals surface area contributed by atoms with Crippen LogP contribution >= 0.6 is 11.8 Å². The van der Waals surface area contributed by atoms with Gasteiger partial charge in [0.1, 0.15) is 6.04 Å². The lowest BCUT2D eigenvalue weighted by Gasteiger charge is -2.35. The Morgan fingerprint density at radius 1 is 1.14 bits per heavy atom. The highest BCUT2D eigenvalue weighted by molar-refractivity contribution is 8.00. The topological polar surface area (TPSA) is 73.8 Å². The summed E-state index contributed by atoms with van der Waals surface area (Å²) < 4.78 is 0. The molecule has 2 atom stereocenters. The summed E-state index contributed by atoms with van der Waals surface area (Å²) in [5.74, 6) is 0.0372. The molecular formula is C21H22N4O3S. The van der Waals surface area contributed by atoms with E-state index in [4.69, 9.17) is 0 Å². The number of urea groups is 1. The van der Waals surface area contributed by atoms with Crippen molar-refractivity contribution in [2.75, 3.05) is 25.4 Å². The standard InChI is InChI=1S/C21H22N4O3S/c1-15(16-5-3-2-4-6-16)25-20(27)18-13-23(11-12-24(18)21(25)28)19(26)14-29-17-7-9-22-10-8-17/h2-10,15,18H,11-14H2,1H3/t15-,18-/m0/s1. The Hall–Kier alpha value is -2.87. The third-order valence-electron chi connectivity index (χ3n) is 5.39. The zero-order chi connectivity index (χ0) is 20.4. The number of benzene rings is 1. The van der Waals surface area contributed by atoms with Crippen LogP contribution in [-0.4, -0.2) is 69.0 Å². The summed E-state index contributed by atoms with van der Waals surface area (Å²) >= 11 is 1.44. The average Bonchev–Trinajstić information content (AvgIpc) is 3.02. The minimum absolute atomic E-state index is 0.0266. The average molecular weight is 410 g/mol. The van der Waals surface area contributed by atoms with E-state index in [1.165, 1.54) is 16.7 Å². The number of nitrogens with zero attached hydrogens (tertiary/aromatic N) is 4. The first-order valence-electron chi connectivity index (χ1n) is 9.55. The normalized spacial score (nSPS) is 20.0. The van der Waals surface area contributed by atoms with Crippen molar-refractivity contribution in [3.05, 3.63) is 60.4 Å². The molecule has 7 nitrogen and oxygen atoms in total. The first-order valence-corrected chi connectivity index (χ1v) is 10.5. The lowest BCUT2D eigenvalue weighted by Crippen LogP contribution is -2.55. The van der Waals surface area contributed by atoms with Crippen LogP contribution < -0.4 is 0 Å². The number of carbonyl (C=O) groups is 3. The maximum absolute atomic E-state index is 13.0. The van der Waals surface area contributed by atoms with E-state index < -0.39 is 6.04 Å². The Morgan fingerprint density at radius 3 is 2.59 bits per heavy atom. The Kier molecular flexibility index (Phi) is 5.53. The molecule has 2 fully saturated rings. The molecule has 4 rings (SSSR count). The van der Waals surface area contributed by atoms with E-state index in [0.717, 1.165) is 10.5 Å². The second-order valence-electron chi connectivity index (χ2n) is 7.10. The van der Waals surface area contributed by atoms with Gasteiger partial charge in [0.05, 0.1) is 18.3 Å². The molecule has 29 heavy (non-hydrogen) atoms. The molecule has 8 heteroatoms. The molecule has 4 amide bonds. The Labute approximate surface area is 173 Å². The van der Waals surface area contributed by atoms with Crippen molar-refractivity contribution >= 4 is 29.6 Å². The van der Waals surface area contributed by atoms with Crippen molar-refractivity contribution < 1.29 is 14.4 Å². The number of imide groups is 1. The number of rotatable bonds is 5. The predicted octanol–water partition coefficient (Wildman–Crippen LogP) is 2.41. The van der Waals surface area contributed by atoms with Crippen LogP contribution in [0.15, 0.2) is 59.8 Å². The fourth-order valence-corrected chi connectivity index (χ4v) is 4.54. The van der Waals surface area contributed by atoms with Crippen molar-refractivity contribution in [2.24, 2.45) is 0 Å². The molecule has 0 radical (unpaired) electrons. The molecule has 2 aromatic rings. The van der Waals surface area contributed by atoms with Crippen LogP contribution in [0.1, 0.15) is 18.5 Å². The van der Waals surface area contributed by atoms with Gasteiger partial charge in [0.2, 0.25) is 5.91 Å². The van der Waals surface area contributed by atoms with Gasteiger partial charge in [-0.2, -0.15) is 0 Å². The van der Waals surface area contributed by atoms with Crippen LogP contribution in [0.3, 0.4) is 0 Å². The van der Waals surface area contributed by atoms with Gasteiger partial charge in [-0.25, -0.2) is 4.79 Å². The van der Waals surface area contributed by atoms with E-state index in [0.29, 0.717) is 18.8 Å². The molecule has 0 spiro atoms. The number of thioether (sulfide) groups is 1. The van der Waals surface area contributed by atoms with Gasteiger partial charge in [-0.05, 0) is 24.6 Å². The van der Waals surface area contributed by atoms with Crippen molar-refractivity contribution in [3.8, 4) is 0 Å². The molecule has 2 aliphatic rings. The number of hydrogen-bond donors (Lipinski definition) is 0. The zero-order valence-corrected chi connectivity index (χ0v) is 16.9. The third-order valence-corrected chi connectivity index (χ3v) is 6.39. The summed E-state index contributed by atoms with van der Waals surface area (Å²) in [5, 5.41) is 0. The quantitative estimate of drug-likeness (QED) is 0.559. The Balaban J connectivity index is 1.42. The van der Waals surface area contributed by atoms with Crippen LogP contribution in [0.25, 0.3) is 0 Å². The minimum Gasteiger partial charge on any atom is -0.338 e. The molecule has 0 N–H and O–H groups in total. The fourth-order valence-electron chi connectivity index (χ4n) is 3.75. The second kappa shape index (κ2) is 8.24. The smallest absolute Gasteiger partial charge is 0.328 e. The fraction of sp³-hybridized carbons (Fsp3) is 0.333. The van der Waals surface area contributed by atoms with Crippen LogP contribution in [0, 0.1) is 0 Å². The number of fused-ring (bicyclic) bond motifs is 1. The molecule has 0 unspecified atom stereocenters. The van der Waals surface area contributed by atoms with Crippen molar-refractivity contribution in [1.82, 2.24) is 19.7 Å². The van der Waals surface area contributed by atoms with Gasteiger partial charge >= 0.3 is 6.03 Å². The first-order chi connectivity index (χ1) is 14.1. The van der Waals surface area contributed by atoms with E-state index in [9.17, 15) is 14.4 Å². The summed E-state index contributed by atoms with van der Waals surface area (Å²) in [6.45, 7) is 2.92. The Morgan fingerprint density at radius 2 is 1.86 bits per heavy atom. The molecule has 0 bridgehead atoms. The summed E-state index contributed by atoms with van der Waals surface area (Å²) in [6, 6.07) is 12.0. The number of piperazine rings is 1. The number of carbonyl (C=O) groups excluding carboxylic acids is 3. The summed E-state index contributed by atoms with van der Waals surface area (Å²) in [5.41, 5.74) is 0.913. The predicted molar refractivity (Wildman–Crippen MR) is 109 cm³/mol. The van der Waals surface area contributed by atoms with Crippen LogP contribution in [-0.2, 0) is 9.59 Å². The monoisotopic (exact) mass is 410 g/mol. The van der Waals surface area contributed by atoms with Gasteiger partial charge in [0.15, 0.2) is 0 Å². The molecule has 2 saturated heterocycles. The van der Waals surface area contributed by atoms with Crippen molar-refractivity contribution in [2.45, 2.75) is 23.9 Å². The van der Waals surface area contributed by atoms with Crippen LogP contribution in [0.2, 0.25) is 0 Å². The molecule has 3 heterocycles. The number of amides is 4. The third kappa shape index (κ3) is 3.85. The summed E-state index contributed by atoms with van der Waals surface area (Å²) in [6.07, 6.45) is 3.38. The van der Waals surface area contributed by atoms with E-state index in [1.807, 2.05) is 49.4 Å². The molecule has 1 aromatic heterocycles. The largest absolute Gasteiger partial charge is 0.338 e. The van der Waals surface area contributed by atoms with Gasteiger partial charge in [-0.1, -0.05) is 30.3 Å². The summed E-state index contributed by atoms with van der Waals surface area (Å²) in [7, 11) is 0. The zero-order valence-electron chi connectivity index (χ0n) is 16.1. The van der Waals surface area contributed by atoms with E-state index in [-0.39, 0.29) is 30.4 Å². The molecule has 0 saturated carbocycles. The van der Waals surface area contributed by atoms with Crippen molar-refractivity contribution in [3.63, 3.8) is 0 Å². The van der Waals surface area contributed by atoms with E-state index in [1.54, 1.807) is 22.2 Å². The highest BCUT2D eigenvalue weighted by atomic mass is 32.2. The number of aromatic nitrogens is 1. The molecular weight excluding hydrogens is 388 g/mol. The van der Waals surface area contributed by atoms with Gasteiger partial charge < -0.3 is 9.80 Å². The highest BCUT2D eigenvalue weighted by Crippen LogP contribution is 2.30.